The number of halogens is 6. The summed E-state index contributed by atoms with van der Waals surface area (Å²) < 4.78 is 87.5. The summed E-state index contributed by atoms with van der Waals surface area (Å²) in [5.41, 5.74) is -4.11. The van der Waals surface area contributed by atoms with Gasteiger partial charge in [-0.3, -0.25) is 0 Å². The average Bonchev–Trinajstić information content (AvgIpc) is 2.63. The third-order valence-corrected chi connectivity index (χ3v) is 4.05. The molecular formula is C16H11F6NO3. The number of hydrogen-bond acceptors (Lipinski definition) is 4. The number of alkyl halides is 6. The molecule has 1 aliphatic carbocycles. The lowest BCUT2D eigenvalue weighted by Gasteiger charge is -2.28. The van der Waals surface area contributed by atoms with Crippen LogP contribution in [-0.4, -0.2) is 21.1 Å². The molecule has 0 fully saturated rings. The van der Waals surface area contributed by atoms with E-state index in [4.69, 9.17) is 4.74 Å². The van der Waals surface area contributed by atoms with Crippen molar-refractivity contribution in [2.24, 2.45) is 0 Å². The summed E-state index contributed by atoms with van der Waals surface area (Å²) in [5.74, 6) is -16.0. The van der Waals surface area contributed by atoms with Crippen LogP contribution in [0.5, 0.6) is 11.6 Å². The van der Waals surface area contributed by atoms with Gasteiger partial charge in [-0.05, 0) is 30.7 Å². The van der Waals surface area contributed by atoms with Gasteiger partial charge in [-0.25, -0.2) is 13.8 Å². The van der Waals surface area contributed by atoms with Crippen LogP contribution in [0.15, 0.2) is 30.5 Å². The van der Waals surface area contributed by atoms with Gasteiger partial charge in [0, 0.05) is 23.4 Å². The van der Waals surface area contributed by atoms with Crippen LogP contribution in [0.4, 0.5) is 26.3 Å². The lowest BCUT2D eigenvalue weighted by molar-refractivity contribution is -0.358. The zero-order valence-electron chi connectivity index (χ0n) is 13.0. The molecule has 1 heterocycles. The molecule has 1 aliphatic rings. The van der Waals surface area contributed by atoms with Crippen molar-refractivity contribution in [2.75, 3.05) is 0 Å². The monoisotopic (exact) mass is 379 g/mol. The third-order valence-electron chi connectivity index (χ3n) is 4.05. The second kappa shape index (κ2) is 5.58. The predicted octanol–water partition coefficient (Wildman–Crippen LogP) is 4.00. The number of aryl methyl sites for hydroxylation is 1. The highest BCUT2D eigenvalue weighted by Crippen LogP contribution is 2.62. The van der Waals surface area contributed by atoms with Gasteiger partial charge in [-0.2, -0.15) is 17.6 Å². The number of benzene rings is 1. The van der Waals surface area contributed by atoms with Crippen molar-refractivity contribution in [2.45, 2.75) is 31.0 Å². The van der Waals surface area contributed by atoms with Crippen LogP contribution in [0.2, 0.25) is 0 Å². The van der Waals surface area contributed by atoms with Crippen LogP contribution in [-0.2, 0) is 11.7 Å². The van der Waals surface area contributed by atoms with E-state index in [2.05, 4.69) is 4.98 Å². The zero-order chi connectivity index (χ0) is 19.5. The number of nitrogens with zero attached hydrogens (tertiary/aromatic N) is 1. The number of pyridine rings is 1. The maximum atomic E-state index is 13.9. The number of aliphatic hydroxyl groups is 2. The van der Waals surface area contributed by atoms with E-state index < -0.39 is 46.5 Å². The summed E-state index contributed by atoms with van der Waals surface area (Å²) in [6.45, 7) is 1.64. The van der Waals surface area contributed by atoms with Crippen molar-refractivity contribution in [3.63, 3.8) is 0 Å². The van der Waals surface area contributed by atoms with Gasteiger partial charge in [-0.15, -0.1) is 0 Å². The number of ether oxygens (including phenoxy) is 1. The first kappa shape index (κ1) is 18.5. The van der Waals surface area contributed by atoms with Crippen LogP contribution < -0.4 is 4.74 Å². The van der Waals surface area contributed by atoms with Crippen molar-refractivity contribution in [3.8, 4) is 11.6 Å². The Morgan fingerprint density at radius 1 is 1.08 bits per heavy atom. The molecule has 0 saturated heterocycles. The molecule has 0 unspecified atom stereocenters. The Morgan fingerprint density at radius 2 is 1.73 bits per heavy atom. The molecule has 0 spiro atoms. The molecule has 0 saturated carbocycles. The van der Waals surface area contributed by atoms with E-state index in [0.29, 0.717) is 17.7 Å². The number of aromatic nitrogens is 1. The SMILES string of the molecule is Cc1ccnc(Oc2ccc3c(c2C(F)F)C(O)(O)C(F)(F)C3(F)F)c1. The normalized spacial score (nSPS) is 19.5. The van der Waals surface area contributed by atoms with Crippen LogP contribution >= 0.6 is 0 Å². The maximum Gasteiger partial charge on any atom is 0.371 e. The van der Waals surface area contributed by atoms with Gasteiger partial charge in [0.05, 0.1) is 5.56 Å². The van der Waals surface area contributed by atoms with E-state index in [0.717, 1.165) is 0 Å². The van der Waals surface area contributed by atoms with E-state index in [9.17, 15) is 36.6 Å². The summed E-state index contributed by atoms with van der Waals surface area (Å²) in [4.78, 5) is 3.73. The second-order valence-corrected chi connectivity index (χ2v) is 5.80. The van der Waals surface area contributed by atoms with Gasteiger partial charge in [0.2, 0.25) is 5.88 Å². The van der Waals surface area contributed by atoms with Gasteiger partial charge in [0.25, 0.3) is 12.2 Å². The predicted molar refractivity (Wildman–Crippen MR) is 75.4 cm³/mol. The van der Waals surface area contributed by atoms with E-state index in [1.54, 1.807) is 13.0 Å². The molecule has 4 nitrogen and oxygen atoms in total. The first-order valence-corrected chi connectivity index (χ1v) is 7.18. The van der Waals surface area contributed by atoms with Crippen LogP contribution in [0.1, 0.15) is 28.7 Å². The Balaban J connectivity index is 2.23. The molecule has 0 atom stereocenters. The standard InChI is InChI=1S/C16H11F6NO3/c1-7-4-5-23-10(6-7)26-9-3-2-8-12(11(9)13(17)18)15(24,25)16(21,22)14(8,19)20/h2-6,13,24-25H,1H3. The molecular weight excluding hydrogens is 368 g/mol. The van der Waals surface area contributed by atoms with Gasteiger partial charge >= 0.3 is 11.8 Å². The maximum absolute atomic E-state index is 13.9. The molecule has 2 N–H and O–H groups in total. The van der Waals surface area contributed by atoms with Crippen LogP contribution in [0.3, 0.4) is 0 Å². The number of rotatable bonds is 3. The summed E-state index contributed by atoms with van der Waals surface area (Å²) in [7, 11) is 0. The highest BCUT2D eigenvalue weighted by molar-refractivity contribution is 5.55. The molecule has 1 aromatic heterocycles. The molecule has 140 valence electrons. The van der Waals surface area contributed by atoms with Crippen molar-refractivity contribution in [3.05, 3.63) is 52.7 Å². The van der Waals surface area contributed by atoms with Gasteiger partial charge in [0.15, 0.2) is 0 Å². The zero-order valence-corrected chi connectivity index (χ0v) is 13.0. The lowest BCUT2D eigenvalue weighted by Crippen LogP contribution is -2.49. The fourth-order valence-corrected chi connectivity index (χ4v) is 2.77. The molecule has 0 bridgehead atoms. The van der Waals surface area contributed by atoms with E-state index >= 15 is 0 Å². The lowest BCUT2D eigenvalue weighted by atomic mass is 9.98. The molecule has 0 radical (unpaired) electrons. The molecule has 10 heteroatoms. The fraction of sp³-hybridized carbons (Fsp3) is 0.312. The summed E-state index contributed by atoms with van der Waals surface area (Å²) in [6.07, 6.45) is -2.32. The first-order valence-electron chi connectivity index (χ1n) is 7.18. The van der Waals surface area contributed by atoms with Crippen molar-refractivity contribution < 1.29 is 41.3 Å². The minimum absolute atomic E-state index is 0.204. The Kier molecular flexibility index (Phi) is 3.96. The third kappa shape index (κ3) is 2.36. The van der Waals surface area contributed by atoms with Gasteiger partial charge < -0.3 is 14.9 Å². The quantitative estimate of drug-likeness (QED) is 0.625. The molecule has 2 aromatic rings. The topological polar surface area (TPSA) is 62.6 Å². The van der Waals surface area contributed by atoms with Crippen molar-refractivity contribution in [1.82, 2.24) is 4.98 Å². The van der Waals surface area contributed by atoms with E-state index in [1.165, 1.54) is 12.3 Å². The minimum atomic E-state index is -5.41. The highest BCUT2D eigenvalue weighted by Gasteiger charge is 2.77. The summed E-state index contributed by atoms with van der Waals surface area (Å²) in [6, 6.07) is 3.93. The Hall–Kier alpha value is -2.33. The molecule has 3 rings (SSSR count). The van der Waals surface area contributed by atoms with Gasteiger partial charge in [0.1, 0.15) is 5.75 Å². The summed E-state index contributed by atoms with van der Waals surface area (Å²) >= 11 is 0. The number of fused-ring (bicyclic) bond motifs is 1. The van der Waals surface area contributed by atoms with E-state index in [-0.39, 0.29) is 5.88 Å². The summed E-state index contributed by atoms with van der Waals surface area (Å²) in [5, 5.41) is 19.2. The number of hydrogen-bond donors (Lipinski definition) is 2. The molecule has 0 amide bonds. The molecule has 26 heavy (non-hydrogen) atoms. The minimum Gasteiger partial charge on any atom is -0.439 e. The average molecular weight is 379 g/mol. The van der Waals surface area contributed by atoms with Crippen molar-refractivity contribution in [1.29, 1.82) is 0 Å². The van der Waals surface area contributed by atoms with Crippen molar-refractivity contribution >= 4 is 0 Å². The van der Waals surface area contributed by atoms with Crippen LogP contribution in [0.25, 0.3) is 0 Å². The second-order valence-electron chi connectivity index (χ2n) is 5.80. The van der Waals surface area contributed by atoms with E-state index in [1.807, 2.05) is 0 Å². The molecule has 0 aliphatic heterocycles. The first-order chi connectivity index (χ1) is 11.9. The Morgan fingerprint density at radius 3 is 2.31 bits per heavy atom. The fourth-order valence-electron chi connectivity index (χ4n) is 2.77. The highest BCUT2D eigenvalue weighted by atomic mass is 19.3. The molecule has 1 aromatic carbocycles. The van der Waals surface area contributed by atoms with Gasteiger partial charge in [-0.1, -0.05) is 0 Å². The Labute approximate surface area is 142 Å². The smallest absolute Gasteiger partial charge is 0.371 e. The largest absolute Gasteiger partial charge is 0.439 e. The van der Waals surface area contributed by atoms with Crippen LogP contribution in [0, 0.1) is 6.92 Å². The Bertz CT molecular complexity index is 869.